The van der Waals surface area contributed by atoms with Gasteiger partial charge in [-0.15, -0.1) is 0 Å². The number of nitro benzene ring substituents is 1. The largest absolute Gasteiger partial charge is 0.479 e. The standard InChI is InChI=1S/C21H23N5O6/c1-4-9-22-21(28)19-15(11-23-25(19)3)24-20(27)18-8-6-14(32-18)12-31-17-7-5-13(2)10-16(17)26(29)30/h5-8,10-11H,4,9,12H2,1-3H3,(H,22,28)(H,24,27). The summed E-state index contributed by atoms with van der Waals surface area (Å²) in [5.41, 5.74) is 1.04. The van der Waals surface area contributed by atoms with E-state index < -0.39 is 10.8 Å². The molecule has 11 heteroatoms. The number of carbonyl (C=O) groups is 2. The molecule has 2 amide bonds. The summed E-state index contributed by atoms with van der Waals surface area (Å²) in [6, 6.07) is 7.61. The van der Waals surface area contributed by atoms with Crippen molar-refractivity contribution in [2.24, 2.45) is 7.05 Å². The first-order chi connectivity index (χ1) is 15.3. The van der Waals surface area contributed by atoms with Crippen molar-refractivity contribution in [3.8, 4) is 5.75 Å². The molecule has 3 rings (SSSR count). The fraction of sp³-hybridized carbons (Fsp3) is 0.286. The SMILES string of the molecule is CCCNC(=O)c1c(NC(=O)c2ccc(COc3ccc(C)cc3[N+](=O)[O-])o2)cnn1C. The van der Waals surface area contributed by atoms with E-state index in [0.29, 0.717) is 12.3 Å². The molecule has 0 saturated carbocycles. The lowest BCUT2D eigenvalue weighted by atomic mass is 10.2. The highest BCUT2D eigenvalue weighted by Crippen LogP contribution is 2.28. The fourth-order valence-corrected chi connectivity index (χ4v) is 2.92. The first-order valence-electron chi connectivity index (χ1n) is 9.88. The van der Waals surface area contributed by atoms with Crippen LogP contribution in [0.4, 0.5) is 11.4 Å². The van der Waals surface area contributed by atoms with Gasteiger partial charge in [0.15, 0.2) is 11.5 Å². The molecule has 1 aromatic carbocycles. The summed E-state index contributed by atoms with van der Waals surface area (Å²) in [6.07, 6.45) is 2.15. The second-order valence-corrected chi connectivity index (χ2v) is 7.02. The molecule has 2 N–H and O–H groups in total. The van der Waals surface area contributed by atoms with Gasteiger partial charge in [-0.2, -0.15) is 5.10 Å². The minimum Gasteiger partial charge on any atom is -0.479 e. The Balaban J connectivity index is 1.67. The van der Waals surface area contributed by atoms with Crippen LogP contribution in [0.25, 0.3) is 0 Å². The first kappa shape index (κ1) is 22.5. The average molecular weight is 441 g/mol. The molecule has 0 unspecified atom stereocenters. The summed E-state index contributed by atoms with van der Waals surface area (Å²) in [7, 11) is 1.60. The van der Waals surface area contributed by atoms with Crippen LogP contribution < -0.4 is 15.4 Å². The van der Waals surface area contributed by atoms with Gasteiger partial charge in [0.25, 0.3) is 11.8 Å². The number of nitrogens with zero attached hydrogens (tertiary/aromatic N) is 3. The van der Waals surface area contributed by atoms with Crippen LogP contribution in [0.1, 0.15) is 45.7 Å². The van der Waals surface area contributed by atoms with Crippen molar-refractivity contribution in [1.82, 2.24) is 15.1 Å². The summed E-state index contributed by atoms with van der Waals surface area (Å²) in [5, 5.41) is 20.6. The number of benzene rings is 1. The molecule has 11 nitrogen and oxygen atoms in total. The van der Waals surface area contributed by atoms with Crippen molar-refractivity contribution >= 4 is 23.2 Å². The molecule has 3 aromatic rings. The quantitative estimate of drug-likeness (QED) is 0.383. The van der Waals surface area contributed by atoms with Gasteiger partial charge in [-0.05, 0) is 37.1 Å². The van der Waals surface area contributed by atoms with Crippen LogP contribution in [-0.4, -0.2) is 33.1 Å². The van der Waals surface area contributed by atoms with Crippen molar-refractivity contribution in [2.75, 3.05) is 11.9 Å². The first-order valence-corrected chi connectivity index (χ1v) is 9.88. The number of amides is 2. The Labute approximate surface area is 183 Å². The molecular formula is C21H23N5O6. The Kier molecular flexibility index (Phi) is 6.88. The summed E-state index contributed by atoms with van der Waals surface area (Å²) < 4.78 is 12.4. The molecule has 0 fully saturated rings. The van der Waals surface area contributed by atoms with Crippen molar-refractivity contribution in [3.63, 3.8) is 0 Å². The lowest BCUT2D eigenvalue weighted by Gasteiger charge is -2.07. The maximum absolute atomic E-state index is 12.6. The smallest absolute Gasteiger partial charge is 0.311 e. The highest BCUT2D eigenvalue weighted by molar-refractivity contribution is 6.07. The molecular weight excluding hydrogens is 418 g/mol. The molecule has 2 heterocycles. The number of nitrogens with one attached hydrogen (secondary N) is 2. The van der Waals surface area contributed by atoms with Crippen LogP contribution >= 0.6 is 0 Å². The zero-order valence-corrected chi connectivity index (χ0v) is 17.9. The number of furan rings is 1. The van der Waals surface area contributed by atoms with Gasteiger partial charge in [0.2, 0.25) is 0 Å². The van der Waals surface area contributed by atoms with Gasteiger partial charge < -0.3 is 19.8 Å². The number of anilines is 1. The van der Waals surface area contributed by atoms with Crippen molar-refractivity contribution in [2.45, 2.75) is 26.9 Å². The van der Waals surface area contributed by atoms with Gasteiger partial charge in [0.1, 0.15) is 18.1 Å². The lowest BCUT2D eigenvalue weighted by Crippen LogP contribution is -2.27. The second-order valence-electron chi connectivity index (χ2n) is 7.02. The van der Waals surface area contributed by atoms with Crippen LogP contribution in [0.15, 0.2) is 40.9 Å². The topological polar surface area (TPSA) is 142 Å². The molecule has 0 radical (unpaired) electrons. The molecule has 2 aromatic heterocycles. The normalized spacial score (nSPS) is 10.6. The molecule has 0 aliphatic rings. The average Bonchev–Trinajstić information content (AvgIpc) is 3.38. The number of hydrogen-bond acceptors (Lipinski definition) is 7. The van der Waals surface area contributed by atoms with Crippen LogP contribution in [0, 0.1) is 17.0 Å². The van der Waals surface area contributed by atoms with Crippen LogP contribution in [0.3, 0.4) is 0 Å². The minimum atomic E-state index is -0.574. The van der Waals surface area contributed by atoms with E-state index in [1.807, 2.05) is 6.92 Å². The Morgan fingerprint density at radius 1 is 1.25 bits per heavy atom. The molecule has 0 saturated heterocycles. The Morgan fingerprint density at radius 2 is 2.03 bits per heavy atom. The second kappa shape index (κ2) is 9.77. The van der Waals surface area contributed by atoms with Gasteiger partial charge >= 0.3 is 5.69 Å². The van der Waals surface area contributed by atoms with E-state index in [1.165, 1.54) is 35.1 Å². The molecule has 0 aliphatic heterocycles. The van der Waals surface area contributed by atoms with E-state index in [9.17, 15) is 19.7 Å². The van der Waals surface area contributed by atoms with Gasteiger partial charge in [0.05, 0.1) is 16.8 Å². The number of ether oxygens (including phenoxy) is 1. The monoisotopic (exact) mass is 441 g/mol. The number of carbonyl (C=O) groups excluding carboxylic acids is 2. The molecule has 0 spiro atoms. The number of aryl methyl sites for hydroxylation is 2. The van der Waals surface area contributed by atoms with Gasteiger partial charge in [-0.1, -0.05) is 13.0 Å². The van der Waals surface area contributed by atoms with E-state index in [4.69, 9.17) is 9.15 Å². The van der Waals surface area contributed by atoms with Crippen LogP contribution in [0.2, 0.25) is 0 Å². The molecule has 168 valence electrons. The Bertz CT molecular complexity index is 1150. The molecule has 0 atom stereocenters. The highest BCUT2D eigenvalue weighted by Gasteiger charge is 2.21. The van der Waals surface area contributed by atoms with E-state index >= 15 is 0 Å². The minimum absolute atomic E-state index is 0.00854. The van der Waals surface area contributed by atoms with Crippen LogP contribution in [0.5, 0.6) is 5.75 Å². The fourth-order valence-electron chi connectivity index (χ4n) is 2.92. The lowest BCUT2D eigenvalue weighted by molar-refractivity contribution is -0.386. The van der Waals surface area contributed by atoms with E-state index in [-0.39, 0.29) is 41.1 Å². The summed E-state index contributed by atoms with van der Waals surface area (Å²) in [4.78, 5) is 35.6. The highest BCUT2D eigenvalue weighted by atomic mass is 16.6. The predicted molar refractivity (Wildman–Crippen MR) is 115 cm³/mol. The predicted octanol–water partition coefficient (Wildman–Crippen LogP) is 3.20. The van der Waals surface area contributed by atoms with E-state index in [2.05, 4.69) is 15.7 Å². The third-order valence-electron chi connectivity index (χ3n) is 4.50. The maximum atomic E-state index is 12.6. The number of hydrogen-bond donors (Lipinski definition) is 2. The summed E-state index contributed by atoms with van der Waals surface area (Å²) in [6.45, 7) is 4.07. The number of nitro groups is 1. The maximum Gasteiger partial charge on any atom is 0.311 e. The van der Waals surface area contributed by atoms with Crippen molar-refractivity contribution in [1.29, 1.82) is 0 Å². The molecule has 0 aliphatic carbocycles. The third kappa shape index (κ3) is 5.12. The van der Waals surface area contributed by atoms with Crippen molar-refractivity contribution in [3.05, 3.63) is 69.4 Å². The summed E-state index contributed by atoms with van der Waals surface area (Å²) >= 11 is 0. The molecule has 0 bridgehead atoms. The van der Waals surface area contributed by atoms with E-state index in [1.54, 1.807) is 20.0 Å². The van der Waals surface area contributed by atoms with E-state index in [0.717, 1.165) is 12.0 Å². The zero-order valence-electron chi connectivity index (χ0n) is 17.9. The van der Waals surface area contributed by atoms with Crippen LogP contribution in [-0.2, 0) is 13.7 Å². The Morgan fingerprint density at radius 3 is 2.75 bits per heavy atom. The number of rotatable bonds is 9. The van der Waals surface area contributed by atoms with Gasteiger partial charge in [0, 0.05) is 19.7 Å². The number of aromatic nitrogens is 2. The molecule has 32 heavy (non-hydrogen) atoms. The third-order valence-corrected chi connectivity index (χ3v) is 4.50. The zero-order chi connectivity index (χ0) is 23.3. The van der Waals surface area contributed by atoms with Gasteiger partial charge in [-0.3, -0.25) is 24.4 Å². The Hall–Kier alpha value is -4.15. The summed E-state index contributed by atoms with van der Waals surface area (Å²) in [5.74, 6) is -0.533. The van der Waals surface area contributed by atoms with Crippen molar-refractivity contribution < 1.29 is 23.7 Å². The van der Waals surface area contributed by atoms with Gasteiger partial charge in [-0.25, -0.2) is 0 Å².